The second-order valence-corrected chi connectivity index (χ2v) is 23.0. The van der Waals surface area contributed by atoms with Crippen LogP contribution < -0.4 is 25.5 Å². The molecule has 0 bridgehead atoms. The Balaban J connectivity index is 1.15. The Hall–Kier alpha value is -5.13. The molecular formula is C57H57BN2OS. The number of aryl methyl sites for hydroxylation is 1. The second-order valence-electron chi connectivity index (χ2n) is 21.7. The summed E-state index contributed by atoms with van der Waals surface area (Å²) in [7, 11) is 0. The molecule has 0 N–H and O–H groups in total. The summed E-state index contributed by atoms with van der Waals surface area (Å²) >= 11 is 2.13. The highest BCUT2D eigenvalue weighted by Crippen LogP contribution is 2.67. The zero-order valence-corrected chi connectivity index (χ0v) is 38.7. The smallest absolute Gasteiger partial charge is 0.259 e. The molecule has 4 heterocycles. The van der Waals surface area contributed by atoms with E-state index < -0.39 is 0 Å². The Bertz CT molecular complexity index is 2870. The molecule has 0 radical (unpaired) electrons. The molecule has 310 valence electrons. The van der Waals surface area contributed by atoms with Crippen molar-refractivity contribution in [3.05, 3.63) is 165 Å². The third-order valence-electron chi connectivity index (χ3n) is 15.9. The van der Waals surface area contributed by atoms with Crippen LogP contribution in [0.3, 0.4) is 0 Å². The number of hydrogen-bond donors (Lipinski definition) is 0. The van der Waals surface area contributed by atoms with Gasteiger partial charge >= 0.3 is 0 Å². The molecule has 1 spiro atoms. The van der Waals surface area contributed by atoms with Gasteiger partial charge in [-0.15, -0.1) is 11.8 Å². The third-order valence-corrected chi connectivity index (χ3v) is 17.5. The van der Waals surface area contributed by atoms with E-state index in [4.69, 9.17) is 4.74 Å². The Labute approximate surface area is 373 Å². The first-order chi connectivity index (χ1) is 29.6. The first-order valence-corrected chi connectivity index (χ1v) is 23.9. The van der Waals surface area contributed by atoms with Crippen molar-refractivity contribution in [2.24, 2.45) is 0 Å². The maximum absolute atomic E-state index is 7.28. The van der Waals surface area contributed by atoms with Crippen molar-refractivity contribution in [3.63, 3.8) is 0 Å². The van der Waals surface area contributed by atoms with Crippen LogP contribution in [0.1, 0.15) is 121 Å². The quantitative estimate of drug-likeness (QED) is 0.162. The number of nitrogens with zero attached hydrogens (tertiary/aromatic N) is 2. The van der Waals surface area contributed by atoms with E-state index in [1.54, 1.807) is 0 Å². The Kier molecular flexibility index (Phi) is 7.93. The number of benzene rings is 6. The first kappa shape index (κ1) is 38.5. The van der Waals surface area contributed by atoms with Crippen LogP contribution in [0, 0.1) is 6.92 Å². The van der Waals surface area contributed by atoms with Gasteiger partial charge in [-0.3, -0.25) is 0 Å². The molecule has 3 nitrogen and oxygen atoms in total. The average Bonchev–Trinajstić information content (AvgIpc) is 3.85. The lowest BCUT2D eigenvalue weighted by Gasteiger charge is -2.45. The summed E-state index contributed by atoms with van der Waals surface area (Å²) in [5.41, 5.74) is 21.3. The van der Waals surface area contributed by atoms with Crippen molar-refractivity contribution in [2.75, 3.05) is 9.80 Å². The molecule has 1 fully saturated rings. The molecule has 0 saturated heterocycles. The van der Waals surface area contributed by atoms with Crippen LogP contribution in [-0.4, -0.2) is 12.3 Å². The maximum atomic E-state index is 7.28. The van der Waals surface area contributed by atoms with Gasteiger partial charge in [-0.25, -0.2) is 0 Å². The van der Waals surface area contributed by atoms with E-state index in [0.717, 1.165) is 25.0 Å². The Morgan fingerprint density at radius 1 is 0.613 bits per heavy atom. The number of anilines is 5. The predicted octanol–water partition coefficient (Wildman–Crippen LogP) is 13.9. The summed E-state index contributed by atoms with van der Waals surface area (Å²) in [5, 5.41) is 0. The summed E-state index contributed by atoms with van der Waals surface area (Å²) in [6, 6.07) is 47.5. The van der Waals surface area contributed by atoms with E-state index in [1.807, 2.05) is 0 Å². The van der Waals surface area contributed by atoms with Crippen LogP contribution in [0.25, 0.3) is 11.1 Å². The van der Waals surface area contributed by atoms with Gasteiger partial charge in [0.15, 0.2) is 0 Å². The van der Waals surface area contributed by atoms with Crippen molar-refractivity contribution in [1.82, 2.24) is 0 Å². The second kappa shape index (κ2) is 12.8. The number of ether oxygens (including phenoxy) is 1. The number of allylic oxidation sites excluding steroid dienone is 1. The Morgan fingerprint density at radius 2 is 1.16 bits per heavy atom. The van der Waals surface area contributed by atoms with Gasteiger partial charge in [-0.2, -0.15) is 0 Å². The highest BCUT2D eigenvalue weighted by Gasteiger charge is 2.59. The van der Waals surface area contributed by atoms with E-state index >= 15 is 0 Å². The van der Waals surface area contributed by atoms with Gasteiger partial charge in [-0.05, 0) is 147 Å². The molecule has 62 heavy (non-hydrogen) atoms. The highest BCUT2D eigenvalue weighted by atomic mass is 32.2. The lowest BCUT2D eigenvalue weighted by Crippen LogP contribution is -2.55. The number of rotatable bonds is 2. The molecule has 0 aromatic heterocycles. The fraction of sp³-hybridized carbons (Fsp3) is 0.333. The first-order valence-electron chi connectivity index (χ1n) is 23.0. The SMILES string of the molecule is Cc1cc2c3c(c1)N(c1ccc(C(C)(C)C)cc1)c1cc4c(cc1B3C1=C(CC3(S1)c1ccccc1-c1ccccc13)N2c1ccc(C(C)(C)C)cc1)OC1(C)CCCCC41C. The van der Waals surface area contributed by atoms with Crippen LogP contribution in [0.5, 0.6) is 5.75 Å². The minimum absolute atomic E-state index is 0.0437. The van der Waals surface area contributed by atoms with Crippen LogP contribution in [0.4, 0.5) is 28.4 Å². The van der Waals surface area contributed by atoms with Gasteiger partial charge in [-0.1, -0.05) is 128 Å². The van der Waals surface area contributed by atoms with E-state index in [0.29, 0.717) is 0 Å². The molecule has 2 unspecified atom stereocenters. The molecule has 6 aliphatic rings. The van der Waals surface area contributed by atoms with Crippen LogP contribution >= 0.6 is 11.8 Å². The van der Waals surface area contributed by atoms with E-state index in [9.17, 15) is 0 Å². The third kappa shape index (κ3) is 5.15. The number of thioether (sulfide) groups is 1. The molecule has 6 aromatic rings. The van der Waals surface area contributed by atoms with Crippen molar-refractivity contribution in [2.45, 2.75) is 121 Å². The van der Waals surface area contributed by atoms with E-state index in [2.05, 4.69) is 205 Å². The lowest BCUT2D eigenvalue weighted by atomic mass is 9.36. The fourth-order valence-electron chi connectivity index (χ4n) is 12.4. The maximum Gasteiger partial charge on any atom is 0.259 e. The van der Waals surface area contributed by atoms with Gasteiger partial charge in [0.1, 0.15) is 11.4 Å². The molecule has 6 aromatic carbocycles. The summed E-state index contributed by atoms with van der Waals surface area (Å²) in [5.74, 6) is 1.09. The van der Waals surface area contributed by atoms with Crippen LogP contribution in [0.2, 0.25) is 0 Å². The largest absolute Gasteiger partial charge is 0.486 e. The van der Waals surface area contributed by atoms with Gasteiger partial charge in [0.2, 0.25) is 0 Å². The predicted molar refractivity (Wildman–Crippen MR) is 264 cm³/mol. The van der Waals surface area contributed by atoms with Crippen LogP contribution in [0.15, 0.2) is 132 Å². The zero-order chi connectivity index (χ0) is 42.7. The standard InChI is InChI=1S/C57H57BN2OS/c1-35-30-47-51-48(31-35)60(39-26-22-37(23-27-39)54(5,6)7)49-34-57(42-18-12-10-16-40(42)41-17-11-13-19-43(41)57)62-52(49)58(51)45-33-50-44(55(8)28-14-15-29-56(55,9)61-50)32-46(45)59(47)38-24-20-36(21-25-38)53(2,3)4/h10-13,16-27,30-33H,14-15,28-29,34H2,1-9H3. The number of fused-ring (bicyclic) bond motifs is 11. The summed E-state index contributed by atoms with van der Waals surface area (Å²) in [4.78, 5) is 6.75. The van der Waals surface area contributed by atoms with Gasteiger partial charge < -0.3 is 14.5 Å². The normalized spacial score (nSPS) is 22.4. The van der Waals surface area contributed by atoms with Crippen molar-refractivity contribution >= 4 is 57.8 Å². The Morgan fingerprint density at radius 3 is 1.76 bits per heavy atom. The minimum atomic E-state index is -0.248. The van der Waals surface area contributed by atoms with Crippen molar-refractivity contribution < 1.29 is 4.74 Å². The molecule has 5 heteroatoms. The molecule has 12 rings (SSSR count). The van der Waals surface area contributed by atoms with Gasteiger partial charge in [0.05, 0.1) is 4.75 Å². The molecule has 0 amide bonds. The van der Waals surface area contributed by atoms with Crippen molar-refractivity contribution in [3.8, 4) is 16.9 Å². The molecule has 2 atom stereocenters. The summed E-state index contributed by atoms with van der Waals surface area (Å²) < 4.78 is 7.04. The summed E-state index contributed by atoms with van der Waals surface area (Å²) in [6.45, 7) is 21.1. The highest BCUT2D eigenvalue weighted by molar-refractivity contribution is 8.06. The van der Waals surface area contributed by atoms with Crippen LogP contribution in [-0.2, 0) is 21.0 Å². The number of hydrogen-bond acceptors (Lipinski definition) is 4. The molecule has 4 aliphatic heterocycles. The molecule has 1 saturated carbocycles. The van der Waals surface area contributed by atoms with Gasteiger partial charge in [0, 0.05) is 51.5 Å². The monoisotopic (exact) mass is 828 g/mol. The van der Waals surface area contributed by atoms with E-state index in [-0.39, 0.29) is 33.3 Å². The zero-order valence-electron chi connectivity index (χ0n) is 37.9. The summed E-state index contributed by atoms with van der Waals surface area (Å²) in [6.07, 6.45) is 5.60. The van der Waals surface area contributed by atoms with E-state index in [1.165, 1.54) is 107 Å². The topological polar surface area (TPSA) is 15.7 Å². The lowest BCUT2D eigenvalue weighted by molar-refractivity contribution is 0.00742. The van der Waals surface area contributed by atoms with Crippen molar-refractivity contribution in [1.29, 1.82) is 0 Å². The molecular weight excluding hydrogens is 772 g/mol. The minimum Gasteiger partial charge on any atom is -0.486 e. The fourth-order valence-corrected chi connectivity index (χ4v) is 14.2. The van der Waals surface area contributed by atoms with Gasteiger partial charge in [0.25, 0.3) is 6.71 Å². The average molecular weight is 829 g/mol. The molecule has 2 aliphatic carbocycles.